The van der Waals surface area contributed by atoms with E-state index >= 15 is 0 Å². The number of benzene rings is 1. The quantitative estimate of drug-likeness (QED) is 0.684. The molecule has 30 heavy (non-hydrogen) atoms. The highest BCUT2D eigenvalue weighted by molar-refractivity contribution is 5.71. The van der Waals surface area contributed by atoms with Crippen LogP contribution in [0.3, 0.4) is 0 Å². The molecule has 8 nitrogen and oxygen atoms in total. The van der Waals surface area contributed by atoms with Crippen molar-refractivity contribution < 1.29 is 19.4 Å². The summed E-state index contributed by atoms with van der Waals surface area (Å²) >= 11 is 0. The van der Waals surface area contributed by atoms with Crippen LogP contribution in [0.1, 0.15) is 18.5 Å². The van der Waals surface area contributed by atoms with E-state index in [0.29, 0.717) is 38.3 Å². The Morgan fingerprint density at radius 1 is 1.13 bits per heavy atom. The average molecular weight is 408 g/mol. The summed E-state index contributed by atoms with van der Waals surface area (Å²) in [4.78, 5) is 18.4. The van der Waals surface area contributed by atoms with Crippen LogP contribution in [0.5, 0.6) is 11.5 Å². The summed E-state index contributed by atoms with van der Waals surface area (Å²) in [5.74, 6) is 0.518. The van der Waals surface area contributed by atoms with Crippen molar-refractivity contribution in [3.8, 4) is 22.8 Å². The molecule has 4 heterocycles. The maximum Gasteiger partial charge on any atom is 0.306 e. The van der Waals surface area contributed by atoms with Crippen LogP contribution in [0.2, 0.25) is 0 Å². The Balaban J connectivity index is 1.52. The Kier molecular flexibility index (Phi) is 4.71. The Labute approximate surface area is 173 Å². The zero-order chi connectivity index (χ0) is 20.7. The van der Waals surface area contributed by atoms with Gasteiger partial charge in [0.25, 0.3) is 0 Å². The fourth-order valence-corrected chi connectivity index (χ4v) is 4.23. The van der Waals surface area contributed by atoms with E-state index in [1.54, 1.807) is 0 Å². The minimum absolute atomic E-state index is 0.253. The number of ether oxygens (including phenoxy) is 2. The third kappa shape index (κ3) is 3.43. The second-order valence-corrected chi connectivity index (χ2v) is 7.84. The molecule has 2 aliphatic heterocycles. The Morgan fingerprint density at radius 2 is 1.90 bits per heavy atom. The smallest absolute Gasteiger partial charge is 0.306 e. The molecule has 3 N–H and O–H groups in total. The van der Waals surface area contributed by atoms with Crippen molar-refractivity contribution in [3.05, 3.63) is 42.2 Å². The number of pyridine rings is 1. The van der Waals surface area contributed by atoms with E-state index in [0.717, 1.165) is 47.2 Å². The number of carboxylic acids is 1. The molecule has 8 heteroatoms. The van der Waals surface area contributed by atoms with Gasteiger partial charge in [-0.25, -0.2) is 4.98 Å². The normalized spacial score (nSPS) is 17.3. The van der Waals surface area contributed by atoms with Crippen molar-refractivity contribution in [2.45, 2.75) is 19.4 Å². The predicted molar refractivity (Wildman–Crippen MR) is 112 cm³/mol. The molecule has 0 atom stereocenters. The van der Waals surface area contributed by atoms with E-state index in [-0.39, 0.29) is 5.92 Å². The van der Waals surface area contributed by atoms with Gasteiger partial charge in [-0.1, -0.05) is 0 Å². The van der Waals surface area contributed by atoms with Gasteiger partial charge >= 0.3 is 5.97 Å². The van der Waals surface area contributed by atoms with Crippen molar-refractivity contribution in [2.75, 3.05) is 32.0 Å². The molecule has 0 spiro atoms. The van der Waals surface area contributed by atoms with Gasteiger partial charge in [0.15, 0.2) is 11.5 Å². The Bertz CT molecular complexity index is 1100. The highest BCUT2D eigenvalue weighted by Crippen LogP contribution is 2.36. The topological polar surface area (TPSA) is 102 Å². The van der Waals surface area contributed by atoms with Crippen LogP contribution in [-0.2, 0) is 11.3 Å². The van der Waals surface area contributed by atoms with Crippen LogP contribution in [0, 0.1) is 5.92 Å². The fraction of sp³-hybridized carbons (Fsp3) is 0.364. The number of nitrogens with zero attached hydrogens (tertiary/aromatic N) is 3. The molecule has 1 aromatic carbocycles. The van der Waals surface area contributed by atoms with Gasteiger partial charge in [0.1, 0.15) is 18.9 Å². The van der Waals surface area contributed by atoms with Crippen LogP contribution in [0.25, 0.3) is 16.9 Å². The van der Waals surface area contributed by atoms with Crippen molar-refractivity contribution >= 4 is 17.3 Å². The first-order valence-electron chi connectivity index (χ1n) is 10.2. The summed E-state index contributed by atoms with van der Waals surface area (Å²) in [6.45, 7) is 3.24. The molecular formula is C22H24N4O4. The number of likely N-dealkylation sites (tertiary alicyclic amines) is 1. The zero-order valence-corrected chi connectivity index (χ0v) is 16.6. The molecule has 0 aliphatic carbocycles. The van der Waals surface area contributed by atoms with E-state index in [9.17, 15) is 9.90 Å². The standard InChI is InChI=1S/C22H24N4O4/c23-16-2-4-20-24-21(15-1-3-18-19(11-15)30-10-9-29-18)17(26(20)12-16)13-25-7-5-14(6-8-25)22(27)28/h1-4,11-12,14H,5-10,13,23H2,(H,27,28). The largest absolute Gasteiger partial charge is 0.486 e. The number of hydrogen-bond donors (Lipinski definition) is 2. The van der Waals surface area contributed by atoms with Crippen LogP contribution in [0.4, 0.5) is 5.69 Å². The molecule has 1 saturated heterocycles. The molecule has 3 aromatic rings. The first-order valence-corrected chi connectivity index (χ1v) is 10.2. The van der Waals surface area contributed by atoms with Gasteiger partial charge in [0.2, 0.25) is 0 Å². The number of nitrogen functional groups attached to an aromatic ring is 1. The SMILES string of the molecule is Nc1ccc2nc(-c3ccc4c(c3)OCCO4)c(CN3CCC(C(=O)O)CC3)n2c1. The second-order valence-electron chi connectivity index (χ2n) is 7.84. The fourth-order valence-electron chi connectivity index (χ4n) is 4.23. The minimum atomic E-state index is -0.700. The number of rotatable bonds is 4. The number of aliphatic carboxylic acids is 1. The van der Waals surface area contributed by atoms with Gasteiger partial charge in [-0.15, -0.1) is 0 Å². The number of anilines is 1. The van der Waals surface area contributed by atoms with Crippen LogP contribution in [-0.4, -0.2) is 51.7 Å². The maximum absolute atomic E-state index is 11.3. The van der Waals surface area contributed by atoms with Gasteiger partial charge in [-0.2, -0.15) is 0 Å². The highest BCUT2D eigenvalue weighted by atomic mass is 16.6. The third-order valence-corrected chi connectivity index (χ3v) is 5.87. The Morgan fingerprint density at radius 3 is 2.67 bits per heavy atom. The molecule has 156 valence electrons. The van der Waals surface area contributed by atoms with Gasteiger partial charge in [0, 0.05) is 24.0 Å². The zero-order valence-electron chi connectivity index (χ0n) is 16.6. The minimum Gasteiger partial charge on any atom is -0.486 e. The molecule has 2 aromatic heterocycles. The summed E-state index contributed by atoms with van der Waals surface area (Å²) in [5.41, 5.74) is 10.4. The number of aromatic nitrogens is 2. The van der Waals surface area contributed by atoms with E-state index in [1.807, 2.05) is 40.9 Å². The summed E-state index contributed by atoms with van der Waals surface area (Å²) in [6, 6.07) is 9.65. The summed E-state index contributed by atoms with van der Waals surface area (Å²) in [6.07, 6.45) is 3.21. The second kappa shape index (κ2) is 7.53. The molecule has 1 fully saturated rings. The number of fused-ring (bicyclic) bond motifs is 2. The number of piperidine rings is 1. The highest BCUT2D eigenvalue weighted by Gasteiger charge is 2.26. The molecule has 0 unspecified atom stereocenters. The van der Waals surface area contributed by atoms with E-state index in [1.165, 1.54) is 0 Å². The lowest BCUT2D eigenvalue weighted by molar-refractivity contribution is -0.143. The number of carbonyl (C=O) groups is 1. The van der Waals surface area contributed by atoms with Crippen LogP contribution >= 0.6 is 0 Å². The lowest BCUT2D eigenvalue weighted by Crippen LogP contribution is -2.36. The van der Waals surface area contributed by atoms with Gasteiger partial charge in [0.05, 0.1) is 17.3 Å². The molecule has 5 rings (SSSR count). The monoisotopic (exact) mass is 408 g/mol. The van der Waals surface area contributed by atoms with E-state index < -0.39 is 5.97 Å². The van der Waals surface area contributed by atoms with Gasteiger partial charge in [-0.3, -0.25) is 9.69 Å². The molecule has 0 radical (unpaired) electrons. The lowest BCUT2D eigenvalue weighted by atomic mass is 9.97. The van der Waals surface area contributed by atoms with Crippen molar-refractivity contribution in [1.29, 1.82) is 0 Å². The molecular weight excluding hydrogens is 384 g/mol. The number of nitrogens with two attached hydrogens (primary N) is 1. The predicted octanol–water partition coefficient (Wildman–Crippen LogP) is 2.65. The third-order valence-electron chi connectivity index (χ3n) is 5.87. The van der Waals surface area contributed by atoms with Crippen molar-refractivity contribution in [2.24, 2.45) is 5.92 Å². The maximum atomic E-state index is 11.3. The Hall–Kier alpha value is -3.26. The van der Waals surface area contributed by atoms with E-state index in [4.69, 9.17) is 20.2 Å². The average Bonchev–Trinajstić information content (AvgIpc) is 3.11. The number of imidazole rings is 1. The van der Waals surface area contributed by atoms with Gasteiger partial charge in [-0.05, 0) is 56.3 Å². The van der Waals surface area contributed by atoms with Crippen LogP contribution in [0.15, 0.2) is 36.5 Å². The number of carboxylic acid groups (broad SMARTS) is 1. The first-order chi connectivity index (χ1) is 14.6. The molecule has 0 saturated carbocycles. The summed E-state index contributed by atoms with van der Waals surface area (Å²) in [5, 5.41) is 9.27. The van der Waals surface area contributed by atoms with E-state index in [2.05, 4.69) is 4.90 Å². The molecule has 2 aliphatic rings. The van der Waals surface area contributed by atoms with Crippen molar-refractivity contribution in [3.63, 3.8) is 0 Å². The molecule has 0 amide bonds. The van der Waals surface area contributed by atoms with Crippen LogP contribution < -0.4 is 15.2 Å². The first kappa shape index (κ1) is 18.7. The summed E-state index contributed by atoms with van der Waals surface area (Å²) < 4.78 is 13.4. The number of hydrogen-bond acceptors (Lipinski definition) is 6. The summed E-state index contributed by atoms with van der Waals surface area (Å²) in [7, 11) is 0. The molecule has 0 bridgehead atoms. The lowest BCUT2D eigenvalue weighted by Gasteiger charge is -2.30. The van der Waals surface area contributed by atoms with Crippen molar-refractivity contribution in [1.82, 2.24) is 14.3 Å². The van der Waals surface area contributed by atoms with Gasteiger partial charge < -0.3 is 24.7 Å².